The highest BCUT2D eigenvalue weighted by Crippen LogP contribution is 2.33. The van der Waals surface area contributed by atoms with E-state index < -0.39 is 23.8 Å². The summed E-state index contributed by atoms with van der Waals surface area (Å²) >= 11 is 0. The van der Waals surface area contributed by atoms with Crippen molar-refractivity contribution in [2.75, 3.05) is 0 Å². The molecule has 10 heteroatoms. The summed E-state index contributed by atoms with van der Waals surface area (Å²) in [5.74, 6) is -1.81. The van der Waals surface area contributed by atoms with Gasteiger partial charge in [-0.05, 0) is 93.8 Å². The van der Waals surface area contributed by atoms with Gasteiger partial charge in [-0.25, -0.2) is 4.79 Å². The predicted octanol–water partition coefficient (Wildman–Crippen LogP) is 5.00. The van der Waals surface area contributed by atoms with E-state index in [2.05, 4.69) is 6.58 Å². The number of nitrogens with one attached hydrogen (secondary N) is 1. The van der Waals surface area contributed by atoms with Gasteiger partial charge >= 0.3 is 23.9 Å². The molecule has 220 valence electrons. The van der Waals surface area contributed by atoms with Crippen LogP contribution in [0.3, 0.4) is 0 Å². The molecule has 2 saturated carbocycles. The zero-order valence-corrected chi connectivity index (χ0v) is 23.1. The molecule has 1 N–H and O–H groups in total. The summed E-state index contributed by atoms with van der Waals surface area (Å²) in [7, 11) is 0. The summed E-state index contributed by atoms with van der Waals surface area (Å²) in [6.07, 6.45) is 7.32. The molecule has 42 heavy (non-hydrogen) atoms. The molecule has 0 spiro atoms. The lowest BCUT2D eigenvalue weighted by Gasteiger charge is -2.26. The van der Waals surface area contributed by atoms with Gasteiger partial charge in [0.15, 0.2) is 0 Å². The zero-order chi connectivity index (χ0) is 30.1. The number of esters is 4. The van der Waals surface area contributed by atoms with Gasteiger partial charge in [-0.3, -0.25) is 14.4 Å². The van der Waals surface area contributed by atoms with Gasteiger partial charge in [0.25, 0.3) is 0 Å². The van der Waals surface area contributed by atoms with E-state index in [0.29, 0.717) is 68.4 Å². The van der Waals surface area contributed by atoms with Crippen molar-refractivity contribution in [2.45, 2.75) is 51.4 Å². The molecule has 0 atom stereocenters. The molecule has 2 aliphatic carbocycles. The first kappa shape index (κ1) is 30.4. The highest BCUT2D eigenvalue weighted by atomic mass is 16.5. The number of benzene rings is 2. The highest BCUT2D eigenvalue weighted by molar-refractivity contribution is 5.86. The van der Waals surface area contributed by atoms with Crippen molar-refractivity contribution in [2.24, 2.45) is 23.7 Å². The average molecular weight is 576 g/mol. The van der Waals surface area contributed by atoms with Crippen LogP contribution in [0.2, 0.25) is 0 Å². The van der Waals surface area contributed by atoms with E-state index in [-0.39, 0.29) is 35.2 Å². The minimum absolute atomic E-state index is 0.00205. The average Bonchev–Trinajstić information content (AvgIpc) is 3.02. The molecule has 2 aliphatic rings. The summed E-state index contributed by atoms with van der Waals surface area (Å²) < 4.78 is 21.6. The summed E-state index contributed by atoms with van der Waals surface area (Å²) in [6, 6.07) is 10.6. The van der Waals surface area contributed by atoms with Crippen molar-refractivity contribution in [1.29, 1.82) is 5.41 Å². The summed E-state index contributed by atoms with van der Waals surface area (Å²) in [5, 5.41) is 7.74. The molecule has 0 aliphatic heterocycles. The lowest BCUT2D eigenvalue weighted by Crippen LogP contribution is -2.30. The van der Waals surface area contributed by atoms with Crippen LogP contribution < -0.4 is 18.9 Å². The van der Waals surface area contributed by atoms with Gasteiger partial charge in [-0.15, -0.1) is 0 Å². The summed E-state index contributed by atoms with van der Waals surface area (Å²) in [4.78, 5) is 60.3. The van der Waals surface area contributed by atoms with E-state index in [4.69, 9.17) is 24.4 Å². The maximum Gasteiger partial charge on any atom is 0.335 e. The fourth-order valence-electron chi connectivity index (χ4n) is 5.18. The van der Waals surface area contributed by atoms with Crippen molar-refractivity contribution in [3.8, 4) is 23.0 Å². The standard InChI is InChI=1S/C32H33NO9/c1-2-29(35)39-25-11-13-26(14-12-25)40-30(36)22-7-9-23(10-8-22)32(38)42-28-16-15-27(17-24(28)18-33)41-31(37)21-5-3-20(19-34)4-6-21/h2,11-23,33H,1,3-10H2. The normalized spacial score (nSPS) is 21.7. The van der Waals surface area contributed by atoms with Gasteiger partial charge in [0, 0.05) is 23.8 Å². The van der Waals surface area contributed by atoms with Crippen LogP contribution >= 0.6 is 0 Å². The first-order valence-electron chi connectivity index (χ1n) is 14.0. The van der Waals surface area contributed by atoms with Crippen LogP contribution in [0.1, 0.15) is 56.9 Å². The first-order valence-corrected chi connectivity index (χ1v) is 14.0. The maximum absolute atomic E-state index is 12.9. The minimum Gasteiger partial charge on any atom is -0.426 e. The first-order chi connectivity index (χ1) is 20.3. The molecule has 4 rings (SSSR count). The van der Waals surface area contributed by atoms with Crippen molar-refractivity contribution in [3.63, 3.8) is 0 Å². The van der Waals surface area contributed by atoms with Crippen LogP contribution in [0, 0.1) is 29.1 Å². The molecule has 2 aromatic rings. The van der Waals surface area contributed by atoms with E-state index >= 15 is 0 Å². The Balaban J connectivity index is 1.25. The van der Waals surface area contributed by atoms with Crippen LogP contribution in [0.15, 0.2) is 55.1 Å². The van der Waals surface area contributed by atoms with Crippen LogP contribution in [0.25, 0.3) is 0 Å². The Bertz CT molecular complexity index is 1330. The maximum atomic E-state index is 12.9. The number of hydrogen-bond acceptors (Lipinski definition) is 10. The molecule has 0 amide bonds. The molecule has 0 saturated heterocycles. The molecule has 0 radical (unpaired) electrons. The molecule has 0 aromatic heterocycles. The van der Waals surface area contributed by atoms with Gasteiger partial charge in [0.05, 0.1) is 17.8 Å². The van der Waals surface area contributed by atoms with Crippen molar-refractivity contribution in [3.05, 3.63) is 60.7 Å². The Kier molecular flexibility index (Phi) is 10.4. The fourth-order valence-corrected chi connectivity index (χ4v) is 5.18. The third kappa shape index (κ3) is 7.99. The van der Waals surface area contributed by atoms with Crippen LogP contribution in [0.4, 0.5) is 0 Å². The van der Waals surface area contributed by atoms with Gasteiger partial charge in [0.1, 0.15) is 29.3 Å². The van der Waals surface area contributed by atoms with Gasteiger partial charge in [0.2, 0.25) is 0 Å². The van der Waals surface area contributed by atoms with Crippen LogP contribution in [-0.4, -0.2) is 36.4 Å². The Morgan fingerprint density at radius 3 is 1.62 bits per heavy atom. The number of aldehydes is 1. The Hall–Kier alpha value is -4.60. The SMILES string of the molecule is C=CC(=O)Oc1ccc(OC(=O)C2CCC(C(=O)Oc3ccc(OC(=O)C4CCC(C=O)CC4)cc3C=N)CC2)cc1. The molecule has 10 nitrogen and oxygen atoms in total. The largest absolute Gasteiger partial charge is 0.426 e. The van der Waals surface area contributed by atoms with Crippen molar-refractivity contribution in [1.82, 2.24) is 0 Å². The molecule has 2 aromatic carbocycles. The monoisotopic (exact) mass is 575 g/mol. The predicted molar refractivity (Wildman–Crippen MR) is 150 cm³/mol. The molecular weight excluding hydrogens is 542 g/mol. The van der Waals surface area contributed by atoms with Crippen LogP contribution in [0.5, 0.6) is 23.0 Å². The lowest BCUT2D eigenvalue weighted by atomic mass is 9.82. The minimum atomic E-state index is -0.590. The Morgan fingerprint density at radius 1 is 0.667 bits per heavy atom. The fraction of sp³-hybridized carbons (Fsp3) is 0.375. The topological polar surface area (TPSA) is 146 Å². The highest BCUT2D eigenvalue weighted by Gasteiger charge is 2.33. The Labute approximate surface area is 243 Å². The van der Waals surface area contributed by atoms with E-state index in [1.807, 2.05) is 0 Å². The second-order valence-electron chi connectivity index (χ2n) is 10.5. The molecule has 0 unspecified atom stereocenters. The number of carbonyl (C=O) groups excluding carboxylic acids is 5. The molecule has 0 heterocycles. The molecule has 2 fully saturated rings. The van der Waals surface area contributed by atoms with E-state index in [1.54, 1.807) is 0 Å². The van der Waals surface area contributed by atoms with E-state index in [9.17, 15) is 24.0 Å². The molecule has 0 bridgehead atoms. The number of rotatable bonds is 10. The van der Waals surface area contributed by atoms with Gasteiger partial charge < -0.3 is 29.2 Å². The zero-order valence-electron chi connectivity index (χ0n) is 23.1. The third-order valence-electron chi connectivity index (χ3n) is 7.68. The van der Waals surface area contributed by atoms with Gasteiger partial charge in [-0.1, -0.05) is 6.58 Å². The van der Waals surface area contributed by atoms with Crippen molar-refractivity contribution < 1.29 is 42.9 Å². The second-order valence-corrected chi connectivity index (χ2v) is 10.5. The Morgan fingerprint density at radius 2 is 1.12 bits per heavy atom. The number of carbonyl (C=O) groups is 5. The van der Waals surface area contributed by atoms with Gasteiger partial charge in [-0.2, -0.15) is 0 Å². The van der Waals surface area contributed by atoms with Crippen LogP contribution in [-0.2, 0) is 24.0 Å². The second kappa shape index (κ2) is 14.3. The lowest BCUT2D eigenvalue weighted by molar-refractivity contribution is -0.145. The third-order valence-corrected chi connectivity index (χ3v) is 7.68. The smallest absolute Gasteiger partial charge is 0.335 e. The number of hydrogen-bond donors (Lipinski definition) is 1. The quantitative estimate of drug-likeness (QED) is 0.136. The summed E-state index contributed by atoms with van der Waals surface area (Å²) in [5.41, 5.74) is 0.292. The summed E-state index contributed by atoms with van der Waals surface area (Å²) in [6.45, 7) is 3.34. The van der Waals surface area contributed by atoms with E-state index in [0.717, 1.165) is 18.6 Å². The van der Waals surface area contributed by atoms with Crippen molar-refractivity contribution >= 4 is 36.4 Å². The molecular formula is C32H33NO9. The van der Waals surface area contributed by atoms with E-state index in [1.165, 1.54) is 42.5 Å². The number of ether oxygens (including phenoxy) is 4.